The minimum Gasteiger partial charge on any atom is -0.497 e. The van der Waals surface area contributed by atoms with Crippen molar-refractivity contribution in [3.05, 3.63) is 58.8 Å². The number of rotatable bonds is 13. The maximum Gasteiger partial charge on any atom is 0.237 e. The highest BCUT2D eigenvalue weighted by molar-refractivity contribution is 7.10. The van der Waals surface area contributed by atoms with E-state index < -0.39 is 6.10 Å². The molecular formula is C26H36N2O5S. The van der Waals surface area contributed by atoms with Crippen LogP contribution in [0.15, 0.2) is 48.4 Å². The fourth-order valence-corrected chi connectivity index (χ4v) is 4.99. The molecule has 8 heteroatoms. The second-order valence-electron chi connectivity index (χ2n) is 8.66. The molecule has 1 aliphatic rings. The maximum atomic E-state index is 13.4. The smallest absolute Gasteiger partial charge is 0.237 e. The van der Waals surface area contributed by atoms with Gasteiger partial charge in [-0.05, 0) is 49.4 Å². The van der Waals surface area contributed by atoms with Crippen molar-refractivity contribution in [3.63, 3.8) is 0 Å². The first-order valence-electron chi connectivity index (χ1n) is 11.7. The lowest BCUT2D eigenvalue weighted by molar-refractivity contribution is -0.136. The molecule has 0 bridgehead atoms. The molecule has 1 aromatic carbocycles. The Hall–Kier alpha value is -2.39. The molecule has 1 aliphatic heterocycles. The molecule has 0 saturated carbocycles. The number of benzene rings is 1. The first kappa shape index (κ1) is 26.2. The van der Waals surface area contributed by atoms with Crippen molar-refractivity contribution in [2.24, 2.45) is 0 Å². The van der Waals surface area contributed by atoms with Crippen LogP contribution in [-0.2, 0) is 16.0 Å². The largest absolute Gasteiger partial charge is 0.497 e. The van der Waals surface area contributed by atoms with Crippen molar-refractivity contribution in [2.45, 2.75) is 38.5 Å². The van der Waals surface area contributed by atoms with Crippen LogP contribution < -0.4 is 9.47 Å². The van der Waals surface area contributed by atoms with Gasteiger partial charge in [-0.15, -0.1) is 17.9 Å². The molecule has 0 spiro atoms. The second kappa shape index (κ2) is 12.9. The Labute approximate surface area is 206 Å². The van der Waals surface area contributed by atoms with E-state index in [2.05, 4.69) is 18.0 Å². The molecule has 2 atom stereocenters. The molecule has 0 aliphatic carbocycles. The van der Waals surface area contributed by atoms with Crippen molar-refractivity contribution >= 4 is 17.2 Å². The lowest BCUT2D eigenvalue weighted by Crippen LogP contribution is -2.48. The first-order valence-corrected chi connectivity index (χ1v) is 12.5. The van der Waals surface area contributed by atoms with Crippen LogP contribution in [0.4, 0.5) is 0 Å². The quantitative estimate of drug-likeness (QED) is 0.435. The van der Waals surface area contributed by atoms with Crippen LogP contribution in [-0.4, -0.2) is 79.5 Å². The Kier molecular flexibility index (Phi) is 9.95. The summed E-state index contributed by atoms with van der Waals surface area (Å²) in [4.78, 5) is 18.6. The summed E-state index contributed by atoms with van der Waals surface area (Å²) in [5.74, 6) is 1.44. The molecule has 0 fully saturated rings. The number of carbonyl (C=O) groups excluding carboxylic acids is 1. The summed E-state index contributed by atoms with van der Waals surface area (Å²) in [6, 6.07) is 9.40. The van der Waals surface area contributed by atoms with Gasteiger partial charge in [0.15, 0.2) is 0 Å². The third kappa shape index (κ3) is 7.30. The highest BCUT2D eigenvalue weighted by atomic mass is 32.1. The highest BCUT2D eigenvalue weighted by Gasteiger charge is 2.33. The maximum absolute atomic E-state index is 13.4. The van der Waals surface area contributed by atoms with Crippen LogP contribution in [0.2, 0.25) is 0 Å². The normalized spacial score (nSPS) is 16.4. The van der Waals surface area contributed by atoms with Crippen LogP contribution in [0, 0.1) is 0 Å². The molecule has 2 heterocycles. The summed E-state index contributed by atoms with van der Waals surface area (Å²) in [5.41, 5.74) is 1.15. The van der Waals surface area contributed by atoms with Crippen molar-refractivity contribution in [3.8, 4) is 11.5 Å². The van der Waals surface area contributed by atoms with Crippen LogP contribution in [0.3, 0.4) is 0 Å². The fourth-order valence-electron chi connectivity index (χ4n) is 4.06. The van der Waals surface area contributed by atoms with Gasteiger partial charge in [0.1, 0.15) is 18.1 Å². The van der Waals surface area contributed by atoms with Crippen LogP contribution >= 0.6 is 11.3 Å². The number of hydrogen-bond acceptors (Lipinski definition) is 7. The van der Waals surface area contributed by atoms with Gasteiger partial charge < -0.3 is 24.2 Å². The second-order valence-corrected chi connectivity index (χ2v) is 9.66. The van der Waals surface area contributed by atoms with Gasteiger partial charge in [-0.25, -0.2) is 0 Å². The van der Waals surface area contributed by atoms with E-state index in [1.165, 1.54) is 4.88 Å². The topological polar surface area (TPSA) is 71.5 Å². The molecule has 34 heavy (non-hydrogen) atoms. The average Bonchev–Trinajstić information content (AvgIpc) is 3.30. The van der Waals surface area contributed by atoms with Crippen LogP contribution in [0.5, 0.6) is 11.5 Å². The van der Waals surface area contributed by atoms with E-state index in [0.29, 0.717) is 32.0 Å². The average molecular weight is 489 g/mol. The molecule has 0 unspecified atom stereocenters. The number of thiophene rings is 1. The summed E-state index contributed by atoms with van der Waals surface area (Å²) >= 11 is 1.72. The number of carbonyl (C=O) groups is 1. The van der Waals surface area contributed by atoms with Gasteiger partial charge in [-0.2, -0.15) is 0 Å². The first-order chi connectivity index (χ1) is 16.4. The van der Waals surface area contributed by atoms with Gasteiger partial charge in [0.2, 0.25) is 5.91 Å². The minimum absolute atomic E-state index is 0.00919. The number of methoxy groups -OCH3 is 1. The standard InChI is InChI=1S/C26H36N2O5S/c1-5-11-27(15-20(29)17-32-19(2)3)16-26(30)28-12-9-25-23(10-13-34-25)24(28)18-33-22-8-6-7-21(14-22)31-4/h5-8,10,13-14,19-20,24,29H,1,9,11-12,15-18H2,2-4H3/t20-,24+/m1/s1. The molecule has 7 nitrogen and oxygen atoms in total. The zero-order chi connectivity index (χ0) is 24.5. The van der Waals surface area contributed by atoms with Crippen LogP contribution in [0.1, 0.15) is 30.3 Å². The van der Waals surface area contributed by atoms with Crippen molar-refractivity contribution in [2.75, 3.05) is 46.5 Å². The Balaban J connectivity index is 1.69. The Morgan fingerprint density at radius 1 is 1.35 bits per heavy atom. The van der Waals surface area contributed by atoms with Gasteiger partial charge in [0.25, 0.3) is 0 Å². The highest BCUT2D eigenvalue weighted by Crippen LogP contribution is 2.34. The molecule has 186 valence electrons. The van der Waals surface area contributed by atoms with E-state index in [9.17, 15) is 9.90 Å². The van der Waals surface area contributed by atoms with E-state index >= 15 is 0 Å². The van der Waals surface area contributed by atoms with E-state index in [1.807, 2.05) is 47.9 Å². The number of ether oxygens (including phenoxy) is 3. The lowest BCUT2D eigenvalue weighted by atomic mass is 10.0. The number of aliphatic hydroxyl groups excluding tert-OH is 1. The third-order valence-corrected chi connectivity index (χ3v) is 6.70. The number of amides is 1. The molecule has 1 amide bonds. The van der Waals surface area contributed by atoms with Crippen molar-refractivity contribution in [1.29, 1.82) is 0 Å². The third-order valence-electron chi connectivity index (χ3n) is 5.70. The lowest BCUT2D eigenvalue weighted by Gasteiger charge is -2.37. The Morgan fingerprint density at radius 2 is 2.15 bits per heavy atom. The number of fused-ring (bicyclic) bond motifs is 1. The number of nitrogens with zero attached hydrogens (tertiary/aromatic N) is 2. The zero-order valence-electron chi connectivity index (χ0n) is 20.3. The van der Waals surface area contributed by atoms with Crippen molar-refractivity contribution in [1.82, 2.24) is 9.80 Å². The van der Waals surface area contributed by atoms with Gasteiger partial charge in [0.05, 0.1) is 38.5 Å². The molecule has 3 rings (SSSR count). The van der Waals surface area contributed by atoms with Gasteiger partial charge in [-0.3, -0.25) is 9.69 Å². The summed E-state index contributed by atoms with van der Waals surface area (Å²) in [5, 5.41) is 12.4. The van der Waals surface area contributed by atoms with Gasteiger partial charge in [-0.1, -0.05) is 12.1 Å². The molecule has 1 N–H and O–H groups in total. The van der Waals surface area contributed by atoms with E-state index in [0.717, 1.165) is 17.7 Å². The Bertz CT molecular complexity index is 931. The summed E-state index contributed by atoms with van der Waals surface area (Å²) in [6.45, 7) is 9.94. The van der Waals surface area contributed by atoms with E-state index in [1.54, 1.807) is 24.5 Å². The zero-order valence-corrected chi connectivity index (χ0v) is 21.1. The van der Waals surface area contributed by atoms with Gasteiger partial charge >= 0.3 is 0 Å². The molecule has 0 radical (unpaired) electrons. The van der Waals surface area contributed by atoms with Gasteiger partial charge in [0, 0.05) is 30.6 Å². The van der Waals surface area contributed by atoms with E-state index in [4.69, 9.17) is 14.2 Å². The predicted octanol–water partition coefficient (Wildman–Crippen LogP) is 3.54. The molecular weight excluding hydrogens is 452 g/mol. The molecule has 2 aromatic rings. The van der Waals surface area contributed by atoms with Crippen molar-refractivity contribution < 1.29 is 24.1 Å². The number of hydrogen-bond donors (Lipinski definition) is 1. The summed E-state index contributed by atoms with van der Waals surface area (Å²) < 4.78 is 16.9. The fraction of sp³-hybridized carbons (Fsp3) is 0.500. The minimum atomic E-state index is -0.674. The summed E-state index contributed by atoms with van der Waals surface area (Å²) in [6.07, 6.45) is 1.95. The Morgan fingerprint density at radius 3 is 2.88 bits per heavy atom. The number of aliphatic hydroxyl groups is 1. The predicted molar refractivity (Wildman–Crippen MR) is 135 cm³/mol. The van der Waals surface area contributed by atoms with E-state index in [-0.39, 0.29) is 31.2 Å². The summed E-state index contributed by atoms with van der Waals surface area (Å²) in [7, 11) is 1.62. The van der Waals surface area contributed by atoms with Crippen LogP contribution in [0.25, 0.3) is 0 Å². The molecule has 1 aromatic heterocycles. The molecule has 0 saturated heterocycles. The monoisotopic (exact) mass is 488 g/mol. The SMILES string of the molecule is C=CCN(CC(=O)N1CCc2sccc2[C@@H]1COc1cccc(OC)c1)C[C@@H](O)COC(C)C.